The van der Waals surface area contributed by atoms with Crippen LogP contribution in [0.4, 0.5) is 0 Å². The van der Waals surface area contributed by atoms with Gasteiger partial charge in [0.1, 0.15) is 6.33 Å². The van der Waals surface area contributed by atoms with Gasteiger partial charge in [0.25, 0.3) is 0 Å². The van der Waals surface area contributed by atoms with Gasteiger partial charge in [-0.2, -0.15) is 5.10 Å². The maximum atomic E-state index is 5.60. The first-order valence-electron chi connectivity index (χ1n) is 11.0. The van der Waals surface area contributed by atoms with Gasteiger partial charge in [-0.05, 0) is 24.5 Å². The molecule has 4 rings (SSSR count). The number of guanidine groups is 1. The van der Waals surface area contributed by atoms with Gasteiger partial charge in [-0.1, -0.05) is 37.5 Å². The van der Waals surface area contributed by atoms with Crippen LogP contribution in [0, 0.1) is 0 Å². The van der Waals surface area contributed by atoms with Crippen molar-refractivity contribution in [2.45, 2.75) is 44.2 Å². The summed E-state index contributed by atoms with van der Waals surface area (Å²) in [7, 11) is 1.84. The van der Waals surface area contributed by atoms with Gasteiger partial charge in [-0.15, -0.1) is 24.0 Å². The van der Waals surface area contributed by atoms with Crippen LogP contribution in [0.1, 0.15) is 37.7 Å². The highest BCUT2D eigenvalue weighted by atomic mass is 127. The van der Waals surface area contributed by atoms with Crippen molar-refractivity contribution < 1.29 is 4.74 Å². The monoisotopic (exact) mass is 539 g/mol. The van der Waals surface area contributed by atoms with E-state index < -0.39 is 0 Å². The van der Waals surface area contributed by atoms with Crippen molar-refractivity contribution in [3.05, 3.63) is 36.2 Å². The van der Waals surface area contributed by atoms with Crippen LogP contribution in [0.2, 0.25) is 0 Å². The Hall–Kier alpha value is -1.72. The van der Waals surface area contributed by atoms with E-state index in [0.29, 0.717) is 6.54 Å². The first-order chi connectivity index (χ1) is 14.8. The number of nitrogens with one attached hydrogen (secondary N) is 3. The van der Waals surface area contributed by atoms with Crippen LogP contribution in [0.25, 0.3) is 11.4 Å². The lowest BCUT2D eigenvalue weighted by molar-refractivity contribution is -0.0352. The summed E-state index contributed by atoms with van der Waals surface area (Å²) in [5.41, 5.74) is 2.42. The third-order valence-corrected chi connectivity index (χ3v) is 6.35. The first kappa shape index (κ1) is 23.9. The molecule has 2 aromatic rings. The van der Waals surface area contributed by atoms with Crippen LogP contribution < -0.4 is 10.6 Å². The minimum Gasteiger partial charge on any atom is -0.379 e. The lowest BCUT2D eigenvalue weighted by atomic mass is 9.80. The fourth-order valence-corrected chi connectivity index (χ4v) is 4.68. The predicted octanol–water partition coefficient (Wildman–Crippen LogP) is 2.79. The van der Waals surface area contributed by atoms with Gasteiger partial charge in [-0.25, -0.2) is 4.98 Å². The molecule has 31 heavy (non-hydrogen) atoms. The van der Waals surface area contributed by atoms with Crippen molar-refractivity contribution in [1.29, 1.82) is 0 Å². The van der Waals surface area contributed by atoms with Crippen molar-refractivity contribution >= 4 is 29.9 Å². The highest BCUT2D eigenvalue weighted by Crippen LogP contribution is 2.33. The molecule has 0 atom stereocenters. The lowest BCUT2D eigenvalue weighted by Gasteiger charge is -2.48. The average Bonchev–Trinajstić information content (AvgIpc) is 3.36. The van der Waals surface area contributed by atoms with E-state index in [4.69, 9.17) is 4.74 Å². The molecule has 170 valence electrons. The summed E-state index contributed by atoms with van der Waals surface area (Å²) in [6.07, 6.45) is 7.98. The number of morpholine rings is 1. The van der Waals surface area contributed by atoms with Crippen LogP contribution >= 0.6 is 24.0 Å². The van der Waals surface area contributed by atoms with Crippen LogP contribution in [0.3, 0.4) is 0 Å². The zero-order chi connectivity index (χ0) is 20.7. The number of halogens is 1. The Balaban J connectivity index is 0.00000272. The maximum absolute atomic E-state index is 5.60. The smallest absolute Gasteiger partial charge is 0.191 e. The summed E-state index contributed by atoms with van der Waals surface area (Å²) in [6, 6.07) is 8.31. The zero-order valence-corrected chi connectivity index (χ0v) is 20.6. The van der Waals surface area contributed by atoms with E-state index in [1.54, 1.807) is 0 Å². The first-order valence-corrected chi connectivity index (χ1v) is 11.0. The molecule has 0 spiro atoms. The number of ether oxygens (including phenoxy) is 1. The van der Waals surface area contributed by atoms with Crippen molar-refractivity contribution in [2.24, 2.45) is 4.99 Å². The zero-order valence-electron chi connectivity index (χ0n) is 18.3. The number of aliphatic imine (C=N–C) groups is 1. The third kappa shape index (κ3) is 6.17. The largest absolute Gasteiger partial charge is 0.379 e. The van der Waals surface area contributed by atoms with Gasteiger partial charge in [0.2, 0.25) is 0 Å². The van der Waals surface area contributed by atoms with Gasteiger partial charge in [-0.3, -0.25) is 15.0 Å². The SMILES string of the molecule is CN=C(NCc1cccc(-c2ncn[nH]2)c1)NCC1(N2CCOCC2)CCCCC1.I. The molecule has 1 aromatic carbocycles. The number of aromatic amines is 1. The van der Waals surface area contributed by atoms with Crippen molar-refractivity contribution in [3.63, 3.8) is 0 Å². The molecule has 0 amide bonds. The summed E-state index contributed by atoms with van der Waals surface area (Å²) >= 11 is 0. The number of aromatic nitrogens is 3. The molecule has 2 heterocycles. The molecular weight excluding hydrogens is 505 g/mol. The van der Waals surface area contributed by atoms with Crippen LogP contribution in [0.5, 0.6) is 0 Å². The Kier molecular flexibility index (Phi) is 9.09. The molecule has 3 N–H and O–H groups in total. The standard InChI is InChI=1S/C22H33N7O.HI/c1-23-21(24-15-18-6-5-7-19(14-18)20-26-17-27-28-20)25-16-22(8-3-2-4-9-22)29-10-12-30-13-11-29;/h5-7,14,17H,2-4,8-13,15-16H2,1H3,(H2,23,24,25)(H,26,27,28);1H. The molecule has 1 saturated carbocycles. The second kappa shape index (κ2) is 11.8. The minimum absolute atomic E-state index is 0. The number of nitrogens with zero attached hydrogens (tertiary/aromatic N) is 4. The molecule has 1 aromatic heterocycles. The Morgan fingerprint density at radius 3 is 2.71 bits per heavy atom. The average molecular weight is 539 g/mol. The number of hydrogen-bond acceptors (Lipinski definition) is 5. The highest BCUT2D eigenvalue weighted by molar-refractivity contribution is 14.0. The van der Waals surface area contributed by atoms with Crippen molar-refractivity contribution in [3.8, 4) is 11.4 Å². The molecule has 9 heteroatoms. The molecule has 1 saturated heterocycles. The van der Waals surface area contributed by atoms with E-state index in [9.17, 15) is 0 Å². The summed E-state index contributed by atoms with van der Waals surface area (Å²) < 4.78 is 5.60. The molecule has 1 aliphatic carbocycles. The van der Waals surface area contributed by atoms with E-state index >= 15 is 0 Å². The maximum Gasteiger partial charge on any atom is 0.191 e. The van der Waals surface area contributed by atoms with Gasteiger partial charge in [0.15, 0.2) is 11.8 Å². The molecule has 0 radical (unpaired) electrons. The summed E-state index contributed by atoms with van der Waals surface area (Å²) in [5, 5.41) is 13.9. The van der Waals surface area contributed by atoms with Crippen molar-refractivity contribution in [1.82, 2.24) is 30.7 Å². The predicted molar refractivity (Wildman–Crippen MR) is 134 cm³/mol. The molecule has 2 aliphatic rings. The van der Waals surface area contributed by atoms with E-state index in [1.807, 2.05) is 19.2 Å². The summed E-state index contributed by atoms with van der Waals surface area (Å²) in [5.74, 6) is 1.63. The molecule has 1 aliphatic heterocycles. The second-order valence-corrected chi connectivity index (χ2v) is 8.20. The van der Waals surface area contributed by atoms with Gasteiger partial charge < -0.3 is 15.4 Å². The minimum atomic E-state index is 0. The summed E-state index contributed by atoms with van der Waals surface area (Å²) in [6.45, 7) is 5.37. The Morgan fingerprint density at radius 1 is 1.19 bits per heavy atom. The van der Waals surface area contributed by atoms with E-state index in [0.717, 1.165) is 50.2 Å². The normalized spacial score (nSPS) is 19.5. The number of hydrogen-bond donors (Lipinski definition) is 3. The van der Waals surface area contributed by atoms with Crippen LogP contribution in [-0.4, -0.2) is 71.5 Å². The van der Waals surface area contributed by atoms with Crippen molar-refractivity contribution in [2.75, 3.05) is 39.9 Å². The van der Waals surface area contributed by atoms with Gasteiger partial charge in [0.05, 0.1) is 13.2 Å². The summed E-state index contributed by atoms with van der Waals surface area (Å²) in [4.78, 5) is 11.3. The number of rotatable bonds is 6. The fraction of sp³-hybridized carbons (Fsp3) is 0.591. The molecule has 8 nitrogen and oxygen atoms in total. The van der Waals surface area contributed by atoms with Crippen LogP contribution in [0.15, 0.2) is 35.6 Å². The Morgan fingerprint density at radius 2 is 2.00 bits per heavy atom. The molecule has 0 bridgehead atoms. The fourth-order valence-electron chi connectivity index (χ4n) is 4.68. The second-order valence-electron chi connectivity index (χ2n) is 8.20. The topological polar surface area (TPSA) is 90.5 Å². The number of H-pyrrole nitrogens is 1. The molecule has 0 unspecified atom stereocenters. The molecular formula is C22H34IN7O. The van der Waals surface area contributed by atoms with E-state index in [-0.39, 0.29) is 29.5 Å². The lowest BCUT2D eigenvalue weighted by Crippen LogP contribution is -2.60. The van der Waals surface area contributed by atoms with Gasteiger partial charge in [0, 0.05) is 44.3 Å². The quantitative estimate of drug-likeness (QED) is 0.297. The van der Waals surface area contributed by atoms with Crippen LogP contribution in [-0.2, 0) is 11.3 Å². The van der Waals surface area contributed by atoms with E-state index in [1.165, 1.54) is 44.0 Å². The van der Waals surface area contributed by atoms with E-state index in [2.05, 4.69) is 47.8 Å². The van der Waals surface area contributed by atoms with Gasteiger partial charge >= 0.3 is 0 Å². The number of benzene rings is 1. The Bertz CT molecular complexity index is 815. The Labute approximate surface area is 201 Å². The highest BCUT2D eigenvalue weighted by Gasteiger charge is 2.38. The molecule has 2 fully saturated rings. The third-order valence-electron chi connectivity index (χ3n) is 6.35.